The molecule has 0 aromatic heterocycles. The predicted octanol–water partition coefficient (Wildman–Crippen LogP) is 1.43. The molecule has 0 aliphatic carbocycles. The largest absolute Gasteiger partial charge is 0.379 e. The Balaban J connectivity index is 3.84. The number of sulfone groups is 1. The van der Waals surface area contributed by atoms with Gasteiger partial charge in [0.15, 0.2) is 5.96 Å². The van der Waals surface area contributed by atoms with Crippen LogP contribution in [0.4, 0.5) is 0 Å². The Labute approximate surface area is 136 Å². The van der Waals surface area contributed by atoms with E-state index < -0.39 is 9.84 Å². The van der Waals surface area contributed by atoms with E-state index in [-0.39, 0.29) is 12.4 Å². The van der Waals surface area contributed by atoms with Crippen molar-refractivity contribution in [2.45, 2.75) is 46.6 Å². The van der Waals surface area contributed by atoms with Crippen LogP contribution in [0, 0.1) is 5.41 Å². The molecule has 0 heterocycles. The van der Waals surface area contributed by atoms with Crippen molar-refractivity contribution < 1.29 is 13.2 Å². The zero-order valence-corrected chi connectivity index (χ0v) is 15.7. The van der Waals surface area contributed by atoms with E-state index in [1.165, 1.54) is 6.26 Å². The first-order valence-corrected chi connectivity index (χ1v) is 9.82. The molecule has 6 nitrogen and oxygen atoms in total. The second-order valence-corrected chi connectivity index (χ2v) is 9.15. The van der Waals surface area contributed by atoms with Crippen molar-refractivity contribution >= 4 is 15.8 Å². The predicted molar refractivity (Wildman–Crippen MR) is 93.2 cm³/mol. The monoisotopic (exact) mass is 335 g/mol. The van der Waals surface area contributed by atoms with Crippen LogP contribution in [0.25, 0.3) is 0 Å². The smallest absolute Gasteiger partial charge is 0.191 e. The molecule has 0 aliphatic rings. The average Bonchev–Trinajstić information content (AvgIpc) is 2.37. The van der Waals surface area contributed by atoms with Crippen LogP contribution < -0.4 is 10.6 Å². The first-order chi connectivity index (χ1) is 10.0. The zero-order valence-electron chi connectivity index (χ0n) is 14.9. The first kappa shape index (κ1) is 21.2. The van der Waals surface area contributed by atoms with Gasteiger partial charge in [-0.3, -0.25) is 4.99 Å². The molecule has 0 amide bonds. The SMILES string of the molecule is CN=C(NCCOCCS(C)(=O)=O)NC(C)CCC(C)(C)C. The summed E-state index contributed by atoms with van der Waals surface area (Å²) < 4.78 is 27.2. The summed E-state index contributed by atoms with van der Waals surface area (Å²) in [5.74, 6) is 0.803. The fourth-order valence-electron chi connectivity index (χ4n) is 1.70. The van der Waals surface area contributed by atoms with Crippen LogP contribution in [0.2, 0.25) is 0 Å². The van der Waals surface area contributed by atoms with Crippen molar-refractivity contribution in [1.29, 1.82) is 0 Å². The summed E-state index contributed by atoms with van der Waals surface area (Å²) in [6, 6.07) is 0.344. The number of guanidine groups is 1. The van der Waals surface area contributed by atoms with E-state index >= 15 is 0 Å². The lowest BCUT2D eigenvalue weighted by Gasteiger charge is -2.23. The fourth-order valence-corrected chi connectivity index (χ4v) is 2.12. The lowest BCUT2D eigenvalue weighted by molar-refractivity contribution is 0.154. The maximum absolute atomic E-state index is 10.9. The maximum atomic E-state index is 10.9. The van der Waals surface area contributed by atoms with Crippen molar-refractivity contribution in [3.05, 3.63) is 0 Å². The number of rotatable bonds is 9. The first-order valence-electron chi connectivity index (χ1n) is 7.76. The van der Waals surface area contributed by atoms with Gasteiger partial charge in [-0.2, -0.15) is 0 Å². The van der Waals surface area contributed by atoms with Crippen LogP contribution in [0.1, 0.15) is 40.5 Å². The minimum absolute atomic E-state index is 0.0593. The average molecular weight is 336 g/mol. The molecule has 0 aromatic carbocycles. The summed E-state index contributed by atoms with van der Waals surface area (Å²) in [7, 11) is -1.22. The van der Waals surface area contributed by atoms with E-state index in [9.17, 15) is 8.42 Å². The molecule has 0 aromatic rings. The standard InChI is InChI=1S/C15H33N3O3S/c1-13(7-8-15(2,3)4)18-14(16-5)17-9-10-21-11-12-22(6,19)20/h13H,7-12H2,1-6H3,(H2,16,17,18). The van der Waals surface area contributed by atoms with Crippen LogP contribution in [0.3, 0.4) is 0 Å². The van der Waals surface area contributed by atoms with Gasteiger partial charge < -0.3 is 15.4 Å². The van der Waals surface area contributed by atoms with Crippen molar-refractivity contribution in [3.63, 3.8) is 0 Å². The lowest BCUT2D eigenvalue weighted by atomic mass is 9.89. The van der Waals surface area contributed by atoms with Crippen molar-refractivity contribution in [1.82, 2.24) is 10.6 Å². The molecular formula is C15H33N3O3S. The van der Waals surface area contributed by atoms with Crippen molar-refractivity contribution in [3.8, 4) is 0 Å². The van der Waals surface area contributed by atoms with E-state index in [0.29, 0.717) is 24.6 Å². The molecule has 0 rings (SSSR count). The number of ether oxygens (including phenoxy) is 1. The Bertz CT molecular complexity index is 428. The normalized spacial score (nSPS) is 14.7. The summed E-state index contributed by atoms with van der Waals surface area (Å²) in [5, 5.41) is 6.50. The zero-order chi connectivity index (χ0) is 17.2. The highest BCUT2D eigenvalue weighted by atomic mass is 32.2. The number of aliphatic imine (C=N–C) groups is 1. The highest BCUT2D eigenvalue weighted by molar-refractivity contribution is 7.90. The van der Waals surface area contributed by atoms with Gasteiger partial charge in [-0.25, -0.2) is 8.42 Å². The van der Waals surface area contributed by atoms with Gasteiger partial charge in [-0.05, 0) is 25.2 Å². The quantitative estimate of drug-likeness (QED) is 0.378. The molecule has 1 unspecified atom stereocenters. The van der Waals surface area contributed by atoms with Crippen LogP contribution in [0.15, 0.2) is 4.99 Å². The van der Waals surface area contributed by atoms with Gasteiger partial charge in [-0.1, -0.05) is 20.8 Å². The van der Waals surface area contributed by atoms with E-state index in [1.807, 2.05) is 0 Å². The molecule has 0 fully saturated rings. The Hall–Kier alpha value is -0.820. The second kappa shape index (κ2) is 10.0. The van der Waals surface area contributed by atoms with Crippen molar-refractivity contribution in [2.75, 3.05) is 38.8 Å². The third kappa shape index (κ3) is 14.1. The third-order valence-corrected chi connectivity index (χ3v) is 3.98. The molecule has 2 N–H and O–H groups in total. The Kier molecular flexibility index (Phi) is 9.67. The molecule has 0 aliphatic heterocycles. The van der Waals surface area contributed by atoms with E-state index in [1.54, 1.807) is 7.05 Å². The lowest BCUT2D eigenvalue weighted by Crippen LogP contribution is -2.43. The summed E-state index contributed by atoms with van der Waals surface area (Å²) in [5.41, 5.74) is 0.334. The second-order valence-electron chi connectivity index (χ2n) is 6.89. The summed E-state index contributed by atoms with van der Waals surface area (Å²) in [6.07, 6.45) is 3.43. The summed E-state index contributed by atoms with van der Waals surface area (Å²) >= 11 is 0. The molecule has 0 bridgehead atoms. The minimum atomic E-state index is -2.95. The fraction of sp³-hybridized carbons (Fsp3) is 0.933. The van der Waals surface area contributed by atoms with Crippen LogP contribution in [0.5, 0.6) is 0 Å². The van der Waals surface area contributed by atoms with E-state index in [0.717, 1.165) is 18.8 Å². The van der Waals surface area contributed by atoms with Crippen molar-refractivity contribution in [2.24, 2.45) is 10.4 Å². The van der Waals surface area contributed by atoms with Gasteiger partial charge in [-0.15, -0.1) is 0 Å². The van der Waals surface area contributed by atoms with Crippen LogP contribution >= 0.6 is 0 Å². The molecule has 0 saturated heterocycles. The summed E-state index contributed by atoms with van der Waals surface area (Å²) in [4.78, 5) is 4.17. The van der Waals surface area contributed by atoms with E-state index in [4.69, 9.17) is 4.74 Å². The third-order valence-electron chi connectivity index (χ3n) is 3.07. The Morgan fingerprint density at radius 3 is 2.41 bits per heavy atom. The van der Waals surface area contributed by atoms with Gasteiger partial charge in [0.05, 0.1) is 19.0 Å². The number of nitrogens with zero attached hydrogens (tertiary/aromatic N) is 1. The number of nitrogens with one attached hydrogen (secondary N) is 2. The Morgan fingerprint density at radius 2 is 1.91 bits per heavy atom. The van der Waals surface area contributed by atoms with Crippen LogP contribution in [-0.2, 0) is 14.6 Å². The highest BCUT2D eigenvalue weighted by Gasteiger charge is 2.13. The van der Waals surface area contributed by atoms with Gasteiger partial charge in [0.1, 0.15) is 9.84 Å². The molecular weight excluding hydrogens is 302 g/mol. The van der Waals surface area contributed by atoms with Gasteiger partial charge in [0.2, 0.25) is 0 Å². The highest BCUT2D eigenvalue weighted by Crippen LogP contribution is 2.21. The summed E-state index contributed by atoms with van der Waals surface area (Å²) in [6.45, 7) is 10.1. The topological polar surface area (TPSA) is 79.8 Å². The van der Waals surface area contributed by atoms with Gasteiger partial charge >= 0.3 is 0 Å². The molecule has 7 heteroatoms. The van der Waals surface area contributed by atoms with Gasteiger partial charge in [0.25, 0.3) is 0 Å². The molecule has 0 spiro atoms. The van der Waals surface area contributed by atoms with E-state index in [2.05, 4.69) is 43.3 Å². The van der Waals surface area contributed by atoms with Gasteiger partial charge in [0, 0.05) is 25.9 Å². The number of hydrogen-bond donors (Lipinski definition) is 2. The molecule has 22 heavy (non-hydrogen) atoms. The molecule has 0 radical (unpaired) electrons. The molecule has 132 valence electrons. The number of hydrogen-bond acceptors (Lipinski definition) is 4. The molecule has 1 atom stereocenters. The van der Waals surface area contributed by atoms with Crippen LogP contribution in [-0.4, -0.2) is 59.2 Å². The maximum Gasteiger partial charge on any atom is 0.191 e. The molecule has 0 saturated carbocycles. The minimum Gasteiger partial charge on any atom is -0.379 e. The Morgan fingerprint density at radius 1 is 1.27 bits per heavy atom.